The van der Waals surface area contributed by atoms with Crippen LogP contribution in [0.1, 0.15) is 30.0 Å². The lowest BCUT2D eigenvalue weighted by molar-refractivity contribution is 0.449. The van der Waals surface area contributed by atoms with Gasteiger partial charge in [0.25, 0.3) is 0 Å². The van der Waals surface area contributed by atoms with Gasteiger partial charge in [0, 0.05) is 28.0 Å². The van der Waals surface area contributed by atoms with E-state index in [2.05, 4.69) is 55.9 Å². The maximum absolute atomic E-state index is 4.35. The highest BCUT2D eigenvalue weighted by Gasteiger charge is 2.19. The fraction of sp³-hybridized carbons (Fsp3) is 0.400. The molecular formula is C15H18BrN3. The molecule has 0 atom stereocenters. The minimum atomic E-state index is 0.615. The molecule has 0 aliphatic carbocycles. The van der Waals surface area contributed by atoms with Crippen LogP contribution in [-0.4, -0.2) is 22.6 Å². The lowest BCUT2D eigenvalue weighted by atomic mass is 9.95. The fourth-order valence-corrected chi connectivity index (χ4v) is 3.04. The van der Waals surface area contributed by atoms with Crippen molar-refractivity contribution in [3.63, 3.8) is 0 Å². The van der Waals surface area contributed by atoms with Gasteiger partial charge in [-0.1, -0.05) is 22.0 Å². The number of piperidine rings is 1. The van der Waals surface area contributed by atoms with Crippen LogP contribution in [0.3, 0.4) is 0 Å². The van der Waals surface area contributed by atoms with Crippen LogP contribution in [0.4, 0.5) is 0 Å². The molecule has 1 N–H and O–H groups in total. The zero-order chi connectivity index (χ0) is 13.2. The first-order valence-electron chi connectivity index (χ1n) is 6.75. The van der Waals surface area contributed by atoms with Crippen molar-refractivity contribution >= 4 is 15.9 Å². The molecule has 100 valence electrons. The Morgan fingerprint density at radius 3 is 2.84 bits per heavy atom. The Labute approximate surface area is 122 Å². The summed E-state index contributed by atoms with van der Waals surface area (Å²) in [5.74, 6) is 0.615. The second kappa shape index (κ2) is 5.47. The Morgan fingerprint density at radius 2 is 2.11 bits per heavy atom. The number of nitrogens with one attached hydrogen (secondary N) is 1. The summed E-state index contributed by atoms with van der Waals surface area (Å²) in [6, 6.07) is 6.47. The van der Waals surface area contributed by atoms with Crippen LogP contribution < -0.4 is 5.32 Å². The van der Waals surface area contributed by atoms with E-state index in [1.165, 1.54) is 29.8 Å². The van der Waals surface area contributed by atoms with Crippen molar-refractivity contribution in [1.82, 2.24) is 14.9 Å². The summed E-state index contributed by atoms with van der Waals surface area (Å²) >= 11 is 3.61. The van der Waals surface area contributed by atoms with Gasteiger partial charge < -0.3 is 9.88 Å². The van der Waals surface area contributed by atoms with E-state index in [1.807, 2.05) is 12.5 Å². The number of hydrogen-bond donors (Lipinski definition) is 1. The smallest absolute Gasteiger partial charge is 0.0994 e. The van der Waals surface area contributed by atoms with Crippen LogP contribution in [0, 0.1) is 6.92 Å². The topological polar surface area (TPSA) is 29.9 Å². The van der Waals surface area contributed by atoms with Gasteiger partial charge in [0.2, 0.25) is 0 Å². The number of halogens is 1. The van der Waals surface area contributed by atoms with Crippen LogP contribution in [0.15, 0.2) is 35.2 Å². The normalized spacial score (nSPS) is 16.7. The summed E-state index contributed by atoms with van der Waals surface area (Å²) in [4.78, 5) is 4.35. The van der Waals surface area contributed by atoms with E-state index in [4.69, 9.17) is 0 Å². The Balaban J connectivity index is 1.96. The molecule has 1 aromatic carbocycles. The standard InChI is InChI=1S/C15H18BrN3/c1-11-2-3-13(8-14(11)16)19-10-18-9-15(19)12-4-6-17-7-5-12/h2-3,8-10,12,17H,4-7H2,1H3. The summed E-state index contributed by atoms with van der Waals surface area (Å²) < 4.78 is 3.37. The molecule has 1 fully saturated rings. The van der Waals surface area contributed by atoms with Crippen molar-refractivity contribution < 1.29 is 0 Å². The lowest BCUT2D eigenvalue weighted by Crippen LogP contribution is -2.27. The zero-order valence-corrected chi connectivity index (χ0v) is 12.7. The average molecular weight is 320 g/mol. The first-order chi connectivity index (χ1) is 9.25. The van der Waals surface area contributed by atoms with E-state index >= 15 is 0 Å². The van der Waals surface area contributed by atoms with Crippen molar-refractivity contribution in [2.24, 2.45) is 0 Å². The van der Waals surface area contributed by atoms with E-state index in [9.17, 15) is 0 Å². The third kappa shape index (κ3) is 2.60. The highest BCUT2D eigenvalue weighted by atomic mass is 79.9. The van der Waals surface area contributed by atoms with E-state index in [0.29, 0.717) is 5.92 Å². The maximum atomic E-state index is 4.35. The van der Waals surface area contributed by atoms with Crippen LogP contribution in [0.5, 0.6) is 0 Å². The molecule has 0 amide bonds. The molecule has 4 heteroatoms. The molecule has 1 aliphatic heterocycles. The van der Waals surface area contributed by atoms with E-state index in [1.54, 1.807) is 0 Å². The van der Waals surface area contributed by atoms with Gasteiger partial charge in [0.15, 0.2) is 0 Å². The fourth-order valence-electron chi connectivity index (χ4n) is 2.67. The molecule has 1 aromatic heterocycles. The van der Waals surface area contributed by atoms with Crippen molar-refractivity contribution in [3.8, 4) is 5.69 Å². The first kappa shape index (κ1) is 12.9. The molecule has 3 rings (SSSR count). The molecule has 2 aromatic rings. The Kier molecular flexibility index (Phi) is 3.71. The predicted molar refractivity (Wildman–Crippen MR) is 80.8 cm³/mol. The third-order valence-corrected chi connectivity index (χ3v) is 4.71. The minimum absolute atomic E-state index is 0.615. The minimum Gasteiger partial charge on any atom is -0.317 e. The second-order valence-electron chi connectivity index (χ2n) is 5.15. The van der Waals surface area contributed by atoms with Gasteiger partial charge in [0.05, 0.1) is 6.33 Å². The molecule has 0 unspecified atom stereocenters. The highest BCUT2D eigenvalue weighted by Crippen LogP contribution is 2.28. The number of nitrogens with zero attached hydrogens (tertiary/aromatic N) is 2. The van der Waals surface area contributed by atoms with Gasteiger partial charge in [-0.2, -0.15) is 0 Å². The molecule has 0 radical (unpaired) electrons. The quantitative estimate of drug-likeness (QED) is 0.919. The van der Waals surface area contributed by atoms with Crippen LogP contribution in [0.25, 0.3) is 5.69 Å². The van der Waals surface area contributed by atoms with Crippen LogP contribution >= 0.6 is 15.9 Å². The van der Waals surface area contributed by atoms with Gasteiger partial charge in [-0.25, -0.2) is 4.98 Å². The van der Waals surface area contributed by atoms with Crippen molar-refractivity contribution in [2.45, 2.75) is 25.7 Å². The molecular weight excluding hydrogens is 302 g/mol. The van der Waals surface area contributed by atoms with Crippen LogP contribution in [-0.2, 0) is 0 Å². The summed E-state index contributed by atoms with van der Waals surface area (Å²) in [5, 5.41) is 3.42. The molecule has 2 heterocycles. The van der Waals surface area contributed by atoms with Crippen molar-refractivity contribution in [3.05, 3.63) is 46.5 Å². The van der Waals surface area contributed by atoms with E-state index < -0.39 is 0 Å². The first-order valence-corrected chi connectivity index (χ1v) is 7.54. The Bertz CT molecular complexity index is 571. The molecule has 19 heavy (non-hydrogen) atoms. The van der Waals surface area contributed by atoms with Crippen LogP contribution in [0.2, 0.25) is 0 Å². The number of imidazole rings is 1. The molecule has 0 bridgehead atoms. The van der Waals surface area contributed by atoms with Gasteiger partial charge in [-0.15, -0.1) is 0 Å². The van der Waals surface area contributed by atoms with Gasteiger partial charge in [-0.05, 0) is 50.6 Å². The molecule has 0 spiro atoms. The largest absolute Gasteiger partial charge is 0.317 e. The second-order valence-corrected chi connectivity index (χ2v) is 6.00. The monoisotopic (exact) mass is 319 g/mol. The molecule has 0 saturated carbocycles. The number of hydrogen-bond acceptors (Lipinski definition) is 2. The molecule has 3 nitrogen and oxygen atoms in total. The van der Waals surface area contributed by atoms with Gasteiger partial charge >= 0.3 is 0 Å². The van der Waals surface area contributed by atoms with Gasteiger partial charge in [0.1, 0.15) is 0 Å². The SMILES string of the molecule is Cc1ccc(-n2cncc2C2CCNCC2)cc1Br. The highest BCUT2D eigenvalue weighted by molar-refractivity contribution is 9.10. The van der Waals surface area contributed by atoms with E-state index in [-0.39, 0.29) is 0 Å². The summed E-state index contributed by atoms with van der Waals surface area (Å²) in [7, 11) is 0. The number of benzene rings is 1. The summed E-state index contributed by atoms with van der Waals surface area (Å²) in [6.45, 7) is 4.32. The van der Waals surface area contributed by atoms with Gasteiger partial charge in [-0.3, -0.25) is 0 Å². The third-order valence-electron chi connectivity index (χ3n) is 3.86. The van der Waals surface area contributed by atoms with Crippen molar-refractivity contribution in [1.29, 1.82) is 0 Å². The molecule has 1 aliphatic rings. The summed E-state index contributed by atoms with van der Waals surface area (Å²) in [5.41, 5.74) is 3.77. The van der Waals surface area contributed by atoms with Crippen molar-refractivity contribution in [2.75, 3.05) is 13.1 Å². The maximum Gasteiger partial charge on any atom is 0.0994 e. The number of rotatable bonds is 2. The Hall–Kier alpha value is -1.13. The molecule has 1 saturated heterocycles. The zero-order valence-electron chi connectivity index (χ0n) is 11.1. The lowest BCUT2D eigenvalue weighted by Gasteiger charge is -2.23. The number of aryl methyl sites for hydroxylation is 1. The summed E-state index contributed by atoms with van der Waals surface area (Å²) in [6.07, 6.45) is 6.33. The predicted octanol–water partition coefficient (Wildman–Crippen LogP) is 3.41. The number of aromatic nitrogens is 2. The Morgan fingerprint density at radius 1 is 1.32 bits per heavy atom. The average Bonchev–Trinajstić information content (AvgIpc) is 2.92. The van der Waals surface area contributed by atoms with E-state index in [0.717, 1.165) is 17.6 Å².